The van der Waals surface area contributed by atoms with Crippen LogP contribution < -0.4 is 5.32 Å². The van der Waals surface area contributed by atoms with E-state index in [4.69, 9.17) is 5.11 Å². The second-order valence-electron chi connectivity index (χ2n) is 3.67. The van der Waals surface area contributed by atoms with Crippen molar-refractivity contribution in [1.29, 1.82) is 0 Å². The van der Waals surface area contributed by atoms with Gasteiger partial charge in [0.1, 0.15) is 5.75 Å². The minimum absolute atomic E-state index is 0.0474. The SMILES string of the molecule is O=C(Nc1ccccc1O)c1ccc(O)c(O)c1. The number of amides is 1. The van der Waals surface area contributed by atoms with E-state index in [2.05, 4.69) is 5.32 Å². The zero-order chi connectivity index (χ0) is 13.1. The number of carbonyl (C=O) groups is 1. The predicted molar refractivity (Wildman–Crippen MR) is 65.8 cm³/mol. The average Bonchev–Trinajstić information content (AvgIpc) is 2.35. The molecule has 1 amide bonds. The number of rotatable bonds is 2. The van der Waals surface area contributed by atoms with E-state index in [0.29, 0.717) is 0 Å². The molecule has 0 spiro atoms. The lowest BCUT2D eigenvalue weighted by atomic mass is 10.2. The molecule has 0 aromatic heterocycles. The molecule has 0 atom stereocenters. The molecule has 5 heteroatoms. The highest BCUT2D eigenvalue weighted by Crippen LogP contribution is 2.26. The maximum atomic E-state index is 11.8. The van der Waals surface area contributed by atoms with Gasteiger partial charge in [0.25, 0.3) is 5.91 Å². The third kappa shape index (κ3) is 2.35. The summed E-state index contributed by atoms with van der Waals surface area (Å²) in [5.74, 6) is -1.21. The van der Waals surface area contributed by atoms with Crippen LogP contribution in [-0.4, -0.2) is 21.2 Å². The Bertz CT molecular complexity index is 595. The largest absolute Gasteiger partial charge is 0.506 e. The first-order chi connectivity index (χ1) is 8.58. The van der Waals surface area contributed by atoms with E-state index in [1.807, 2.05) is 0 Å². The van der Waals surface area contributed by atoms with E-state index < -0.39 is 5.91 Å². The second-order valence-corrected chi connectivity index (χ2v) is 3.67. The van der Waals surface area contributed by atoms with Crippen LogP contribution in [0.4, 0.5) is 5.69 Å². The molecule has 0 fully saturated rings. The molecule has 2 rings (SSSR count). The molecule has 0 aliphatic heterocycles. The number of phenols is 3. The first-order valence-electron chi connectivity index (χ1n) is 5.19. The number of para-hydroxylation sites is 2. The van der Waals surface area contributed by atoms with Crippen LogP contribution in [0.5, 0.6) is 17.2 Å². The Labute approximate surface area is 103 Å². The standard InChI is InChI=1S/C13H11NO4/c15-10-4-2-1-3-9(10)14-13(18)8-5-6-11(16)12(17)7-8/h1-7,15-17H,(H,14,18). The van der Waals surface area contributed by atoms with E-state index >= 15 is 0 Å². The molecule has 2 aromatic rings. The number of phenolic OH excluding ortho intramolecular Hbond substituents is 3. The van der Waals surface area contributed by atoms with E-state index in [9.17, 15) is 15.0 Å². The van der Waals surface area contributed by atoms with Gasteiger partial charge in [-0.3, -0.25) is 4.79 Å². The molecular weight excluding hydrogens is 234 g/mol. The molecule has 0 aliphatic carbocycles. The number of carbonyl (C=O) groups excluding carboxylic acids is 1. The van der Waals surface area contributed by atoms with Crippen molar-refractivity contribution >= 4 is 11.6 Å². The minimum Gasteiger partial charge on any atom is -0.506 e. The molecule has 18 heavy (non-hydrogen) atoms. The van der Waals surface area contributed by atoms with Crippen molar-refractivity contribution < 1.29 is 20.1 Å². The number of nitrogens with one attached hydrogen (secondary N) is 1. The Balaban J connectivity index is 2.22. The number of hydrogen-bond acceptors (Lipinski definition) is 4. The van der Waals surface area contributed by atoms with E-state index in [1.54, 1.807) is 18.2 Å². The fraction of sp³-hybridized carbons (Fsp3) is 0. The smallest absolute Gasteiger partial charge is 0.255 e. The Kier molecular flexibility index (Phi) is 3.05. The molecule has 5 nitrogen and oxygen atoms in total. The quantitative estimate of drug-likeness (QED) is 0.609. The summed E-state index contributed by atoms with van der Waals surface area (Å²) < 4.78 is 0. The lowest BCUT2D eigenvalue weighted by molar-refractivity contribution is 0.102. The third-order valence-electron chi connectivity index (χ3n) is 2.39. The van der Waals surface area contributed by atoms with Gasteiger partial charge in [-0.2, -0.15) is 0 Å². The summed E-state index contributed by atoms with van der Waals surface area (Å²) in [7, 11) is 0. The molecule has 0 heterocycles. The van der Waals surface area contributed by atoms with Gasteiger partial charge in [-0.15, -0.1) is 0 Å². The highest BCUT2D eigenvalue weighted by Gasteiger charge is 2.10. The first-order valence-corrected chi connectivity index (χ1v) is 5.19. The molecule has 92 valence electrons. The third-order valence-corrected chi connectivity index (χ3v) is 2.39. The minimum atomic E-state index is -0.494. The van der Waals surface area contributed by atoms with Crippen LogP contribution in [0.2, 0.25) is 0 Å². The molecule has 0 aliphatic rings. The van der Waals surface area contributed by atoms with Gasteiger partial charge >= 0.3 is 0 Å². The van der Waals surface area contributed by atoms with E-state index in [1.165, 1.54) is 18.2 Å². The molecule has 4 N–H and O–H groups in total. The molecular formula is C13H11NO4. The molecule has 0 unspecified atom stereocenters. The zero-order valence-corrected chi connectivity index (χ0v) is 9.29. The summed E-state index contributed by atoms with van der Waals surface area (Å²) in [6.45, 7) is 0. The second kappa shape index (κ2) is 4.67. The number of aromatic hydroxyl groups is 3. The van der Waals surface area contributed by atoms with E-state index in [0.717, 1.165) is 6.07 Å². The van der Waals surface area contributed by atoms with Gasteiger partial charge < -0.3 is 20.6 Å². The van der Waals surface area contributed by atoms with Gasteiger partial charge in [-0.05, 0) is 30.3 Å². The van der Waals surface area contributed by atoms with Crippen LogP contribution in [0, 0.1) is 0 Å². The van der Waals surface area contributed by atoms with Gasteiger partial charge in [-0.1, -0.05) is 12.1 Å². The molecule has 2 aromatic carbocycles. The maximum absolute atomic E-state index is 11.8. The Hall–Kier alpha value is -2.69. The fourth-order valence-corrected chi connectivity index (χ4v) is 1.44. The lowest BCUT2D eigenvalue weighted by Crippen LogP contribution is -2.11. The summed E-state index contributed by atoms with van der Waals surface area (Å²) in [5, 5.41) is 30.4. The van der Waals surface area contributed by atoms with Crippen molar-refractivity contribution in [3.05, 3.63) is 48.0 Å². The van der Waals surface area contributed by atoms with Crippen LogP contribution in [0.15, 0.2) is 42.5 Å². The van der Waals surface area contributed by atoms with Crippen LogP contribution in [0.1, 0.15) is 10.4 Å². The van der Waals surface area contributed by atoms with Crippen molar-refractivity contribution in [2.75, 3.05) is 5.32 Å². The summed E-state index contributed by atoms with van der Waals surface area (Å²) in [4.78, 5) is 11.8. The van der Waals surface area contributed by atoms with Crippen LogP contribution in [0.25, 0.3) is 0 Å². The van der Waals surface area contributed by atoms with Crippen molar-refractivity contribution in [1.82, 2.24) is 0 Å². The van der Waals surface area contributed by atoms with Crippen LogP contribution in [0.3, 0.4) is 0 Å². The van der Waals surface area contributed by atoms with Crippen molar-refractivity contribution in [2.24, 2.45) is 0 Å². The first kappa shape index (κ1) is 11.8. The topological polar surface area (TPSA) is 89.8 Å². The van der Waals surface area contributed by atoms with Crippen molar-refractivity contribution in [2.45, 2.75) is 0 Å². The summed E-state index contributed by atoms with van der Waals surface area (Å²) in [6.07, 6.45) is 0. The average molecular weight is 245 g/mol. The van der Waals surface area contributed by atoms with Crippen molar-refractivity contribution in [3.8, 4) is 17.2 Å². The van der Waals surface area contributed by atoms with Crippen molar-refractivity contribution in [3.63, 3.8) is 0 Å². The normalized spacial score (nSPS) is 10.0. The highest BCUT2D eigenvalue weighted by molar-refractivity contribution is 6.05. The van der Waals surface area contributed by atoms with Gasteiger partial charge in [0.2, 0.25) is 0 Å². The molecule has 0 bridgehead atoms. The van der Waals surface area contributed by atoms with Crippen LogP contribution in [-0.2, 0) is 0 Å². The van der Waals surface area contributed by atoms with Gasteiger partial charge in [0.05, 0.1) is 5.69 Å². The van der Waals surface area contributed by atoms with Gasteiger partial charge in [-0.25, -0.2) is 0 Å². The number of hydrogen-bond donors (Lipinski definition) is 4. The Morgan fingerprint density at radius 2 is 1.61 bits per heavy atom. The lowest BCUT2D eigenvalue weighted by Gasteiger charge is -2.07. The molecule has 0 saturated carbocycles. The molecule has 0 saturated heterocycles. The zero-order valence-electron chi connectivity index (χ0n) is 9.29. The number of anilines is 1. The highest BCUT2D eigenvalue weighted by atomic mass is 16.3. The summed E-state index contributed by atoms with van der Waals surface area (Å²) >= 11 is 0. The molecule has 0 radical (unpaired) electrons. The van der Waals surface area contributed by atoms with Gasteiger partial charge in [0, 0.05) is 5.56 Å². The van der Waals surface area contributed by atoms with E-state index in [-0.39, 0.29) is 28.5 Å². The summed E-state index contributed by atoms with van der Waals surface area (Å²) in [6, 6.07) is 10.0. The number of benzene rings is 2. The van der Waals surface area contributed by atoms with Crippen LogP contribution >= 0.6 is 0 Å². The predicted octanol–water partition coefficient (Wildman–Crippen LogP) is 2.06. The fourth-order valence-electron chi connectivity index (χ4n) is 1.44. The maximum Gasteiger partial charge on any atom is 0.255 e. The van der Waals surface area contributed by atoms with Gasteiger partial charge in [0.15, 0.2) is 11.5 Å². The Morgan fingerprint density at radius 1 is 0.889 bits per heavy atom. The summed E-state index contributed by atoms with van der Waals surface area (Å²) in [5.41, 5.74) is 0.448. The monoisotopic (exact) mass is 245 g/mol. The Morgan fingerprint density at radius 3 is 2.28 bits per heavy atom.